The van der Waals surface area contributed by atoms with Crippen LogP contribution in [-0.4, -0.2) is 11.5 Å². The van der Waals surface area contributed by atoms with E-state index in [2.05, 4.69) is 28.1 Å². The molecule has 2 heterocycles. The molecule has 0 unspecified atom stereocenters. The molecule has 3 heteroatoms. The minimum absolute atomic E-state index is 0.869. The number of hydrogen-bond acceptors (Lipinski definition) is 2. The number of aromatic nitrogens is 1. The second-order valence-corrected chi connectivity index (χ2v) is 4.27. The van der Waals surface area contributed by atoms with E-state index in [4.69, 9.17) is 5.73 Å². The first kappa shape index (κ1) is 9.33. The lowest BCUT2D eigenvalue weighted by Gasteiger charge is -2.29. The van der Waals surface area contributed by atoms with E-state index in [0.717, 1.165) is 25.2 Å². The van der Waals surface area contributed by atoms with Crippen molar-refractivity contribution in [1.29, 1.82) is 0 Å². The largest absolute Gasteiger partial charge is 0.399 e. The number of nitrogens with one attached hydrogen (secondary N) is 1. The fraction of sp³-hybridized carbons (Fsp3) is 0.231. The van der Waals surface area contributed by atoms with Crippen LogP contribution in [0.1, 0.15) is 11.1 Å². The molecule has 0 spiro atoms. The van der Waals surface area contributed by atoms with Crippen LogP contribution in [0.25, 0.3) is 0 Å². The number of rotatable bonds is 1. The number of aromatic amines is 1. The molecule has 1 aromatic heterocycles. The molecule has 0 fully saturated rings. The summed E-state index contributed by atoms with van der Waals surface area (Å²) < 4.78 is 0. The van der Waals surface area contributed by atoms with E-state index in [0.29, 0.717) is 0 Å². The fourth-order valence-corrected chi connectivity index (χ4v) is 2.31. The van der Waals surface area contributed by atoms with Crippen molar-refractivity contribution in [3.8, 4) is 0 Å². The van der Waals surface area contributed by atoms with Gasteiger partial charge in [0.05, 0.1) is 5.69 Å². The van der Waals surface area contributed by atoms with Gasteiger partial charge in [0.15, 0.2) is 0 Å². The lowest BCUT2D eigenvalue weighted by atomic mass is 9.99. The number of benzene rings is 1. The van der Waals surface area contributed by atoms with Crippen LogP contribution in [-0.2, 0) is 13.0 Å². The Kier molecular flexibility index (Phi) is 2.10. The third-order valence-corrected chi connectivity index (χ3v) is 3.19. The molecule has 0 amide bonds. The van der Waals surface area contributed by atoms with E-state index in [-0.39, 0.29) is 0 Å². The van der Waals surface area contributed by atoms with Crippen LogP contribution in [0.5, 0.6) is 0 Å². The summed E-state index contributed by atoms with van der Waals surface area (Å²) in [6.07, 6.45) is 5.08. The van der Waals surface area contributed by atoms with Gasteiger partial charge in [-0.05, 0) is 35.7 Å². The van der Waals surface area contributed by atoms with Crippen molar-refractivity contribution < 1.29 is 0 Å². The topological polar surface area (TPSA) is 45.0 Å². The summed E-state index contributed by atoms with van der Waals surface area (Å²) in [5.41, 5.74) is 10.7. The first-order valence-electron chi connectivity index (χ1n) is 5.58. The first-order valence-corrected chi connectivity index (χ1v) is 5.58. The zero-order valence-corrected chi connectivity index (χ0v) is 9.11. The predicted molar refractivity (Wildman–Crippen MR) is 66.4 cm³/mol. The molecule has 0 saturated carbocycles. The highest BCUT2D eigenvalue weighted by atomic mass is 15.1. The van der Waals surface area contributed by atoms with E-state index >= 15 is 0 Å². The normalized spacial score (nSPS) is 14.9. The third kappa shape index (κ3) is 1.54. The Morgan fingerprint density at radius 1 is 1.19 bits per heavy atom. The van der Waals surface area contributed by atoms with Gasteiger partial charge < -0.3 is 15.6 Å². The van der Waals surface area contributed by atoms with E-state index in [1.54, 1.807) is 0 Å². The smallest absolute Gasteiger partial charge is 0.0546 e. The Labute approximate surface area is 94.9 Å². The van der Waals surface area contributed by atoms with E-state index in [9.17, 15) is 0 Å². The van der Waals surface area contributed by atoms with E-state index < -0.39 is 0 Å². The molecule has 1 aliphatic rings. The van der Waals surface area contributed by atoms with Crippen LogP contribution >= 0.6 is 0 Å². The van der Waals surface area contributed by atoms with Crippen LogP contribution < -0.4 is 10.6 Å². The molecule has 16 heavy (non-hydrogen) atoms. The van der Waals surface area contributed by atoms with Gasteiger partial charge in [-0.2, -0.15) is 0 Å². The van der Waals surface area contributed by atoms with Crippen LogP contribution in [0, 0.1) is 0 Å². The number of fused-ring (bicyclic) bond motifs is 1. The average Bonchev–Trinajstić information content (AvgIpc) is 2.82. The van der Waals surface area contributed by atoms with Crippen molar-refractivity contribution in [2.24, 2.45) is 0 Å². The minimum Gasteiger partial charge on any atom is -0.399 e. The fourth-order valence-electron chi connectivity index (χ4n) is 2.31. The Hall–Kier alpha value is -1.90. The summed E-state index contributed by atoms with van der Waals surface area (Å²) in [4.78, 5) is 5.48. The molecule has 0 aliphatic carbocycles. The zero-order valence-electron chi connectivity index (χ0n) is 9.11. The third-order valence-electron chi connectivity index (χ3n) is 3.19. The Morgan fingerprint density at radius 3 is 2.94 bits per heavy atom. The lowest BCUT2D eigenvalue weighted by molar-refractivity contribution is 0.732. The molecule has 82 valence electrons. The Morgan fingerprint density at radius 2 is 2.12 bits per heavy atom. The van der Waals surface area contributed by atoms with Crippen molar-refractivity contribution >= 4 is 11.4 Å². The molecular formula is C13H15N3. The van der Waals surface area contributed by atoms with Crippen LogP contribution in [0.3, 0.4) is 0 Å². The van der Waals surface area contributed by atoms with Crippen molar-refractivity contribution in [1.82, 2.24) is 4.98 Å². The highest BCUT2D eigenvalue weighted by Crippen LogP contribution is 2.25. The summed E-state index contributed by atoms with van der Waals surface area (Å²) in [5, 5.41) is 0. The maximum Gasteiger partial charge on any atom is 0.0546 e. The van der Waals surface area contributed by atoms with Gasteiger partial charge in [-0.3, -0.25) is 0 Å². The van der Waals surface area contributed by atoms with Crippen molar-refractivity contribution in [2.45, 2.75) is 13.0 Å². The van der Waals surface area contributed by atoms with Gasteiger partial charge in [0.1, 0.15) is 0 Å². The SMILES string of the molecule is Nc1ccc2c(c1)CCN(c1cc[nH]c1)C2. The molecule has 1 aromatic carbocycles. The van der Waals surface area contributed by atoms with Gasteiger partial charge in [0, 0.05) is 31.2 Å². The van der Waals surface area contributed by atoms with Crippen LogP contribution in [0.4, 0.5) is 11.4 Å². The van der Waals surface area contributed by atoms with Gasteiger partial charge in [0.25, 0.3) is 0 Å². The van der Waals surface area contributed by atoms with E-state index in [1.165, 1.54) is 16.8 Å². The lowest BCUT2D eigenvalue weighted by Crippen LogP contribution is -2.29. The molecule has 3 nitrogen and oxygen atoms in total. The monoisotopic (exact) mass is 213 g/mol. The van der Waals surface area contributed by atoms with Crippen molar-refractivity contribution in [2.75, 3.05) is 17.2 Å². The van der Waals surface area contributed by atoms with Gasteiger partial charge in [-0.1, -0.05) is 6.07 Å². The zero-order chi connectivity index (χ0) is 11.0. The van der Waals surface area contributed by atoms with Crippen LogP contribution in [0.15, 0.2) is 36.7 Å². The standard InChI is InChI=1S/C13H15N3/c14-12-2-1-11-9-16(6-4-10(11)7-12)13-3-5-15-8-13/h1-3,5,7-8,15H,4,6,9,14H2. The number of nitrogens with two attached hydrogens (primary N) is 1. The molecular weight excluding hydrogens is 198 g/mol. The molecule has 3 N–H and O–H groups in total. The van der Waals surface area contributed by atoms with Crippen LogP contribution in [0.2, 0.25) is 0 Å². The number of hydrogen-bond donors (Lipinski definition) is 2. The molecule has 0 atom stereocenters. The molecule has 0 radical (unpaired) electrons. The molecule has 0 bridgehead atoms. The highest BCUT2D eigenvalue weighted by Gasteiger charge is 2.16. The van der Waals surface area contributed by atoms with Gasteiger partial charge in [0.2, 0.25) is 0 Å². The number of nitrogen functional groups attached to an aromatic ring is 1. The molecule has 1 aliphatic heterocycles. The maximum atomic E-state index is 5.79. The summed E-state index contributed by atoms with van der Waals surface area (Å²) in [6.45, 7) is 2.04. The highest BCUT2D eigenvalue weighted by molar-refractivity contribution is 5.51. The van der Waals surface area contributed by atoms with Crippen molar-refractivity contribution in [3.05, 3.63) is 47.8 Å². The first-order chi connectivity index (χ1) is 7.83. The molecule has 0 saturated heterocycles. The summed E-state index contributed by atoms with van der Waals surface area (Å²) in [5.74, 6) is 0. The quantitative estimate of drug-likeness (QED) is 0.713. The minimum atomic E-state index is 0.869. The predicted octanol–water partition coefficient (Wildman–Crippen LogP) is 2.16. The number of anilines is 2. The number of H-pyrrole nitrogens is 1. The molecule has 2 aromatic rings. The second-order valence-electron chi connectivity index (χ2n) is 4.27. The van der Waals surface area contributed by atoms with Gasteiger partial charge >= 0.3 is 0 Å². The summed E-state index contributed by atoms with van der Waals surface area (Å²) >= 11 is 0. The number of nitrogens with zero attached hydrogens (tertiary/aromatic N) is 1. The van der Waals surface area contributed by atoms with Gasteiger partial charge in [-0.15, -0.1) is 0 Å². The van der Waals surface area contributed by atoms with Crippen molar-refractivity contribution in [3.63, 3.8) is 0 Å². The summed E-state index contributed by atoms with van der Waals surface area (Å²) in [7, 11) is 0. The Bertz CT molecular complexity index is 488. The Balaban J connectivity index is 1.89. The maximum absolute atomic E-state index is 5.79. The molecule has 3 rings (SSSR count). The van der Waals surface area contributed by atoms with Gasteiger partial charge in [-0.25, -0.2) is 0 Å². The second kappa shape index (κ2) is 3.59. The average molecular weight is 213 g/mol. The van der Waals surface area contributed by atoms with E-state index in [1.807, 2.05) is 18.5 Å². The summed E-state index contributed by atoms with van der Waals surface area (Å²) in [6, 6.07) is 8.34.